The Labute approximate surface area is 437 Å². The fourth-order valence-corrected chi connectivity index (χ4v) is 9.80. The average molecular weight is 1020 g/mol. The molecule has 0 radical (unpaired) electrons. The van der Waals surface area contributed by atoms with Gasteiger partial charge < -0.3 is 44.1 Å². The molecule has 6 atom stereocenters. The molecule has 4 aromatic rings. The molecular formula is C57H82N8O9. The van der Waals surface area contributed by atoms with Crippen molar-refractivity contribution < 1.29 is 33.8 Å². The Balaban J connectivity index is 0.000000250. The van der Waals surface area contributed by atoms with E-state index in [0.29, 0.717) is 30.5 Å². The van der Waals surface area contributed by atoms with Crippen LogP contribution in [0.15, 0.2) is 83.2 Å². The standard InChI is InChI=1S/C27H38N4O4.C26H36N4O4.C4H8O/c1-18(2)12-24(31-11-9-19(3)13-25(31)32)27(34)29-23(15-26(33)35-5)21-14-22(17-28-16-21)30-10-7-6-8-20(30)4;1-17(2)11-23(30-10-8-18(3)12-24(30)31)26(34)28-22(14-25(32)33)20-13-21(16-27-15-20)29-9-6-5-7-19(29)4;1-2-4-5-3-1/h9,11,13-14,16-18,20,23-24H,6-8,10,12,15H2,1-5H3,(H,29,34);8,10,12-13,15-17,19,22-23H,5-7,9,11,14H2,1-4H3,(H,28,34)(H,32,33);1-4H2/t20-,23+,24?;19-,22+,23?;/m00./s1. The van der Waals surface area contributed by atoms with Crippen LogP contribution in [-0.4, -0.2) is 93.5 Å². The van der Waals surface area contributed by atoms with Crippen molar-refractivity contribution in [2.24, 2.45) is 11.8 Å². The molecule has 0 aromatic carbocycles. The topological polar surface area (TPSA) is 207 Å². The van der Waals surface area contributed by atoms with Gasteiger partial charge >= 0.3 is 11.9 Å². The summed E-state index contributed by atoms with van der Waals surface area (Å²) in [6.07, 6.45) is 20.3. The lowest BCUT2D eigenvalue weighted by molar-refractivity contribution is -0.142. The van der Waals surface area contributed by atoms with Crippen molar-refractivity contribution in [1.29, 1.82) is 0 Å². The van der Waals surface area contributed by atoms with Gasteiger partial charge in [0.15, 0.2) is 0 Å². The molecule has 2 amide bonds. The molecule has 0 bridgehead atoms. The first-order valence-corrected chi connectivity index (χ1v) is 26.6. The van der Waals surface area contributed by atoms with Crippen molar-refractivity contribution in [1.82, 2.24) is 29.7 Å². The molecule has 3 N–H and O–H groups in total. The van der Waals surface area contributed by atoms with E-state index in [1.807, 2.05) is 65.9 Å². The van der Waals surface area contributed by atoms with Gasteiger partial charge in [0, 0.05) is 75.3 Å². The highest BCUT2D eigenvalue weighted by atomic mass is 16.5. The molecule has 3 aliphatic heterocycles. The Morgan fingerprint density at radius 1 is 0.662 bits per heavy atom. The van der Waals surface area contributed by atoms with Gasteiger partial charge in [0.05, 0.1) is 55.8 Å². The van der Waals surface area contributed by atoms with E-state index in [9.17, 15) is 33.9 Å². The smallest absolute Gasteiger partial charge is 0.307 e. The molecule has 3 saturated heterocycles. The average Bonchev–Trinajstić information content (AvgIpc) is 3.96. The van der Waals surface area contributed by atoms with Crippen LogP contribution in [0.1, 0.15) is 165 Å². The molecule has 7 rings (SSSR count). The number of carbonyl (C=O) groups is 4. The first kappa shape index (κ1) is 58.5. The molecule has 0 saturated carbocycles. The number of anilines is 2. The monoisotopic (exact) mass is 1020 g/mol. The lowest BCUT2D eigenvalue weighted by Gasteiger charge is -2.35. The van der Waals surface area contributed by atoms with E-state index < -0.39 is 36.1 Å². The molecule has 0 aliphatic carbocycles. The van der Waals surface area contributed by atoms with E-state index >= 15 is 0 Å². The number of carboxylic acids is 1. The summed E-state index contributed by atoms with van der Waals surface area (Å²) in [6.45, 7) is 19.9. The van der Waals surface area contributed by atoms with Gasteiger partial charge in [-0.15, -0.1) is 0 Å². The maximum absolute atomic E-state index is 13.6. The van der Waals surface area contributed by atoms with Crippen LogP contribution < -0.4 is 31.6 Å². The zero-order valence-electron chi connectivity index (χ0n) is 45.3. The van der Waals surface area contributed by atoms with E-state index in [1.54, 1.807) is 37.1 Å². The summed E-state index contributed by atoms with van der Waals surface area (Å²) in [6, 6.07) is 8.54. The van der Waals surface area contributed by atoms with Crippen LogP contribution in [0.4, 0.5) is 11.4 Å². The van der Waals surface area contributed by atoms with Crippen molar-refractivity contribution in [2.75, 3.05) is 43.2 Å². The molecule has 3 aliphatic rings. The predicted octanol–water partition coefficient (Wildman–Crippen LogP) is 8.59. The second-order valence-electron chi connectivity index (χ2n) is 21.0. The summed E-state index contributed by atoms with van der Waals surface area (Å²) in [4.78, 5) is 89.6. The second kappa shape index (κ2) is 28.9. The Morgan fingerprint density at radius 2 is 1.09 bits per heavy atom. The maximum Gasteiger partial charge on any atom is 0.307 e. The van der Waals surface area contributed by atoms with E-state index in [2.05, 4.69) is 44.2 Å². The summed E-state index contributed by atoms with van der Waals surface area (Å²) in [7, 11) is 1.33. The second-order valence-corrected chi connectivity index (χ2v) is 21.0. The number of carbonyl (C=O) groups excluding carboxylic acids is 3. The number of hydrogen-bond donors (Lipinski definition) is 3. The van der Waals surface area contributed by atoms with Gasteiger partial charge in [-0.1, -0.05) is 27.7 Å². The fraction of sp³-hybridized carbons (Fsp3) is 0.579. The van der Waals surface area contributed by atoms with Crippen molar-refractivity contribution in [2.45, 2.75) is 169 Å². The number of aromatic nitrogens is 4. The number of aryl methyl sites for hydroxylation is 2. The number of nitrogens with zero attached hydrogens (tertiary/aromatic N) is 6. The molecule has 17 nitrogen and oxygen atoms in total. The molecule has 74 heavy (non-hydrogen) atoms. The number of methoxy groups -OCH3 is 1. The molecule has 7 heterocycles. The lowest BCUT2D eigenvalue weighted by atomic mass is 9.99. The van der Waals surface area contributed by atoms with Crippen LogP contribution in [0.5, 0.6) is 0 Å². The third-order valence-electron chi connectivity index (χ3n) is 13.9. The molecule has 404 valence electrons. The number of esters is 1. The number of piperidine rings is 2. The van der Waals surface area contributed by atoms with Crippen LogP contribution >= 0.6 is 0 Å². The quantitative estimate of drug-likeness (QED) is 0.0800. The fourth-order valence-electron chi connectivity index (χ4n) is 9.80. The van der Waals surface area contributed by atoms with Crippen LogP contribution in [0, 0.1) is 25.7 Å². The molecule has 2 unspecified atom stereocenters. The Kier molecular flexibility index (Phi) is 22.9. The summed E-state index contributed by atoms with van der Waals surface area (Å²) < 4.78 is 12.8. The first-order valence-electron chi connectivity index (χ1n) is 26.6. The van der Waals surface area contributed by atoms with Gasteiger partial charge in [-0.3, -0.25) is 38.7 Å². The number of nitrogens with one attached hydrogen (secondary N) is 2. The summed E-state index contributed by atoms with van der Waals surface area (Å²) in [5, 5.41) is 15.5. The molecule has 4 aromatic heterocycles. The Bertz CT molecular complexity index is 2570. The van der Waals surface area contributed by atoms with E-state index in [-0.39, 0.29) is 47.6 Å². The summed E-state index contributed by atoms with van der Waals surface area (Å²) in [5.41, 5.74) is 4.48. The van der Waals surface area contributed by atoms with Crippen molar-refractivity contribution in [3.05, 3.63) is 117 Å². The van der Waals surface area contributed by atoms with Crippen molar-refractivity contribution in [3.8, 4) is 0 Å². The highest BCUT2D eigenvalue weighted by Crippen LogP contribution is 2.30. The van der Waals surface area contributed by atoms with Gasteiger partial charge in [-0.2, -0.15) is 0 Å². The zero-order valence-corrected chi connectivity index (χ0v) is 45.3. The van der Waals surface area contributed by atoms with Gasteiger partial charge in [-0.05, 0) is 150 Å². The zero-order chi connectivity index (χ0) is 53.9. The van der Waals surface area contributed by atoms with Crippen molar-refractivity contribution >= 4 is 35.1 Å². The predicted molar refractivity (Wildman–Crippen MR) is 288 cm³/mol. The summed E-state index contributed by atoms with van der Waals surface area (Å²) >= 11 is 0. The lowest BCUT2D eigenvalue weighted by Crippen LogP contribution is -2.40. The van der Waals surface area contributed by atoms with E-state index in [0.717, 1.165) is 80.1 Å². The number of ether oxygens (including phenoxy) is 2. The largest absolute Gasteiger partial charge is 0.481 e. The molecular weight excluding hydrogens is 941 g/mol. The molecule has 17 heteroatoms. The normalized spacial score (nSPS) is 18.2. The van der Waals surface area contributed by atoms with E-state index in [1.165, 1.54) is 54.1 Å². The van der Waals surface area contributed by atoms with Crippen LogP contribution in [0.25, 0.3) is 0 Å². The third kappa shape index (κ3) is 17.7. The Morgan fingerprint density at radius 3 is 1.45 bits per heavy atom. The molecule has 0 spiro atoms. The highest BCUT2D eigenvalue weighted by molar-refractivity contribution is 5.82. The van der Waals surface area contributed by atoms with Crippen LogP contribution in [-0.2, 0) is 28.7 Å². The number of pyridine rings is 4. The van der Waals surface area contributed by atoms with Gasteiger partial charge in [-0.25, -0.2) is 0 Å². The third-order valence-corrected chi connectivity index (χ3v) is 13.9. The number of amides is 2. The number of aliphatic carboxylic acids is 1. The number of hydrogen-bond acceptors (Lipinski definition) is 12. The number of carboxylic acid groups (broad SMARTS) is 1. The van der Waals surface area contributed by atoms with Gasteiger partial charge in [0.2, 0.25) is 11.8 Å². The van der Waals surface area contributed by atoms with Crippen LogP contribution in [0.2, 0.25) is 0 Å². The summed E-state index contributed by atoms with van der Waals surface area (Å²) in [5.74, 6) is -1.79. The van der Waals surface area contributed by atoms with Crippen molar-refractivity contribution in [3.63, 3.8) is 0 Å². The Hall–Kier alpha value is -6.36. The SMILES string of the molecule is C1CCOC1.COC(=O)C[C@@H](NC(=O)C(CC(C)C)n1ccc(C)cc1=O)c1cncc(N2CCCC[C@@H]2C)c1.Cc1ccn(C(CC(C)C)C(=O)N[C@H](CC(=O)O)c2cncc(N3CCCC[C@@H]3C)c2)c(=O)c1. The molecule has 3 fully saturated rings. The maximum atomic E-state index is 13.6. The minimum Gasteiger partial charge on any atom is -0.481 e. The minimum absolute atomic E-state index is 0.0277. The minimum atomic E-state index is -1.02. The number of rotatable bonds is 18. The van der Waals surface area contributed by atoms with Crippen LogP contribution in [0.3, 0.4) is 0 Å². The van der Waals surface area contributed by atoms with Gasteiger partial charge in [0.25, 0.3) is 11.1 Å². The van der Waals surface area contributed by atoms with E-state index in [4.69, 9.17) is 9.47 Å². The first-order chi connectivity index (χ1) is 35.3. The highest BCUT2D eigenvalue weighted by Gasteiger charge is 2.30. The van der Waals surface area contributed by atoms with Gasteiger partial charge in [0.1, 0.15) is 12.1 Å².